The Morgan fingerprint density at radius 1 is 1.09 bits per heavy atom. The molecule has 0 unspecified atom stereocenters. The largest absolute Gasteiger partial charge is 0.493 e. The number of benzene rings is 3. The summed E-state index contributed by atoms with van der Waals surface area (Å²) in [5, 5.41) is 10.9. The van der Waals surface area contributed by atoms with Gasteiger partial charge in [-0.25, -0.2) is 9.79 Å². The molecular formula is C34H33N3O8S. The van der Waals surface area contributed by atoms with Crippen LogP contribution in [-0.4, -0.2) is 35.3 Å². The SMILES string of the molecule is CCOC(=O)C1=C(C)N=c2s/c(=C\c3ccc(OCc4ccc([N+](=O)[O-])cc4)cc3)c(=O)n2[C@@H]1c1ccc(OC(C)C)c(OC)c1. The van der Waals surface area contributed by atoms with Gasteiger partial charge in [-0.15, -0.1) is 0 Å². The van der Waals surface area contributed by atoms with E-state index >= 15 is 0 Å². The summed E-state index contributed by atoms with van der Waals surface area (Å²) < 4.78 is 24.7. The molecule has 0 fully saturated rings. The predicted octanol–water partition coefficient (Wildman–Crippen LogP) is 5.08. The van der Waals surface area contributed by atoms with E-state index in [1.165, 1.54) is 35.1 Å². The molecule has 0 radical (unpaired) electrons. The first-order chi connectivity index (χ1) is 22.1. The van der Waals surface area contributed by atoms with Gasteiger partial charge in [-0.1, -0.05) is 29.5 Å². The van der Waals surface area contributed by atoms with Crippen LogP contribution in [0.2, 0.25) is 0 Å². The van der Waals surface area contributed by atoms with Gasteiger partial charge >= 0.3 is 5.97 Å². The number of carbonyl (C=O) groups excluding carboxylic acids is 1. The molecule has 1 aromatic heterocycles. The maximum Gasteiger partial charge on any atom is 0.338 e. The van der Waals surface area contributed by atoms with E-state index in [1.54, 1.807) is 56.3 Å². The number of esters is 1. The number of nitro groups is 1. The van der Waals surface area contributed by atoms with Crippen molar-refractivity contribution in [2.24, 2.45) is 4.99 Å². The normalized spacial score (nSPS) is 14.5. The molecule has 1 aliphatic heterocycles. The maximum absolute atomic E-state index is 14.0. The van der Waals surface area contributed by atoms with Gasteiger partial charge in [-0.3, -0.25) is 19.5 Å². The van der Waals surface area contributed by atoms with E-state index in [-0.39, 0.29) is 36.1 Å². The summed E-state index contributed by atoms with van der Waals surface area (Å²) in [5.74, 6) is 1.08. The topological polar surface area (TPSA) is 131 Å². The number of hydrogen-bond acceptors (Lipinski definition) is 10. The molecule has 1 atom stereocenters. The van der Waals surface area contributed by atoms with Crippen molar-refractivity contribution in [3.05, 3.63) is 124 Å². The summed E-state index contributed by atoms with van der Waals surface area (Å²) in [4.78, 5) is 42.7. The second kappa shape index (κ2) is 13.8. The maximum atomic E-state index is 14.0. The van der Waals surface area contributed by atoms with E-state index in [1.807, 2.05) is 32.0 Å². The fraction of sp³-hybridized carbons (Fsp3) is 0.265. The fourth-order valence-corrected chi connectivity index (χ4v) is 6.05. The molecule has 4 aromatic rings. The van der Waals surface area contributed by atoms with Crippen LogP contribution in [0.5, 0.6) is 17.2 Å². The number of thiazole rings is 1. The highest BCUT2D eigenvalue weighted by molar-refractivity contribution is 7.07. The quantitative estimate of drug-likeness (QED) is 0.126. The summed E-state index contributed by atoms with van der Waals surface area (Å²) in [6, 6.07) is 18.0. The van der Waals surface area contributed by atoms with Crippen molar-refractivity contribution >= 4 is 29.1 Å². The van der Waals surface area contributed by atoms with Crippen molar-refractivity contribution in [1.82, 2.24) is 4.57 Å². The van der Waals surface area contributed by atoms with Crippen molar-refractivity contribution in [2.75, 3.05) is 13.7 Å². The first-order valence-electron chi connectivity index (χ1n) is 14.6. The molecule has 0 aliphatic carbocycles. The Morgan fingerprint density at radius 2 is 1.80 bits per heavy atom. The zero-order chi connectivity index (χ0) is 33.0. The predicted molar refractivity (Wildman–Crippen MR) is 173 cm³/mol. The lowest BCUT2D eigenvalue weighted by atomic mass is 9.95. The molecule has 0 N–H and O–H groups in total. The lowest BCUT2D eigenvalue weighted by Crippen LogP contribution is -2.40. The van der Waals surface area contributed by atoms with Gasteiger partial charge in [0.05, 0.1) is 46.6 Å². The number of carbonyl (C=O) groups is 1. The molecular weight excluding hydrogens is 610 g/mol. The van der Waals surface area contributed by atoms with Crippen LogP contribution in [0.3, 0.4) is 0 Å². The lowest BCUT2D eigenvalue weighted by Gasteiger charge is -2.25. The Hall–Kier alpha value is -5.23. The van der Waals surface area contributed by atoms with E-state index in [0.717, 1.165) is 11.1 Å². The average molecular weight is 644 g/mol. The number of nitro benzene ring substituents is 1. The Kier molecular flexibility index (Phi) is 9.67. The van der Waals surface area contributed by atoms with E-state index in [0.29, 0.717) is 37.8 Å². The summed E-state index contributed by atoms with van der Waals surface area (Å²) in [6.07, 6.45) is 1.69. The molecule has 2 heterocycles. The zero-order valence-electron chi connectivity index (χ0n) is 26.0. The third kappa shape index (κ3) is 6.86. The second-order valence-electron chi connectivity index (χ2n) is 10.7. The molecule has 12 heteroatoms. The first-order valence-corrected chi connectivity index (χ1v) is 15.4. The number of methoxy groups -OCH3 is 1. The van der Waals surface area contributed by atoms with Gasteiger partial charge in [0.15, 0.2) is 16.3 Å². The second-order valence-corrected chi connectivity index (χ2v) is 11.7. The van der Waals surface area contributed by atoms with Gasteiger partial charge in [0.25, 0.3) is 11.2 Å². The van der Waals surface area contributed by atoms with Crippen LogP contribution in [0.4, 0.5) is 5.69 Å². The van der Waals surface area contributed by atoms with Crippen LogP contribution >= 0.6 is 11.3 Å². The molecule has 0 spiro atoms. The zero-order valence-corrected chi connectivity index (χ0v) is 26.8. The third-order valence-electron chi connectivity index (χ3n) is 7.11. The molecule has 0 saturated heterocycles. The van der Waals surface area contributed by atoms with E-state index in [9.17, 15) is 19.7 Å². The number of fused-ring (bicyclic) bond motifs is 1. The number of aromatic nitrogens is 1. The fourth-order valence-electron chi connectivity index (χ4n) is 5.00. The summed E-state index contributed by atoms with van der Waals surface area (Å²) in [6.45, 7) is 7.71. The number of nitrogens with zero attached hydrogens (tertiary/aromatic N) is 3. The Bertz CT molecular complexity index is 1980. The third-order valence-corrected chi connectivity index (χ3v) is 8.10. The Morgan fingerprint density at radius 3 is 2.43 bits per heavy atom. The van der Waals surface area contributed by atoms with Crippen LogP contribution in [0.1, 0.15) is 50.4 Å². The molecule has 0 bridgehead atoms. The summed E-state index contributed by atoms with van der Waals surface area (Å²) in [7, 11) is 1.54. The molecule has 46 heavy (non-hydrogen) atoms. The minimum Gasteiger partial charge on any atom is -0.493 e. The van der Waals surface area contributed by atoms with E-state index in [4.69, 9.17) is 18.9 Å². The standard InChI is InChI=1S/C34H33N3O8S/c1-6-43-33(39)30-21(4)35-34-36(31(30)24-11-16-27(45-20(2)3)28(18-24)42-5)32(38)29(46-34)17-22-9-14-26(15-10-22)44-19-23-7-12-25(13-8-23)37(40)41/h7-18,20,31H,6,19H2,1-5H3/b29-17-/t31-/m1/s1. The first kappa shape index (κ1) is 32.2. The number of hydrogen-bond donors (Lipinski definition) is 0. The smallest absolute Gasteiger partial charge is 0.338 e. The highest BCUT2D eigenvalue weighted by atomic mass is 32.1. The molecule has 5 rings (SSSR count). The highest BCUT2D eigenvalue weighted by Gasteiger charge is 2.34. The van der Waals surface area contributed by atoms with Crippen molar-refractivity contribution in [1.29, 1.82) is 0 Å². The molecule has 238 valence electrons. The minimum atomic E-state index is -0.797. The van der Waals surface area contributed by atoms with Crippen molar-refractivity contribution < 1.29 is 28.7 Å². The van der Waals surface area contributed by atoms with Crippen LogP contribution in [0.25, 0.3) is 6.08 Å². The van der Waals surface area contributed by atoms with Gasteiger partial charge in [0.1, 0.15) is 12.4 Å². The average Bonchev–Trinajstić information content (AvgIpc) is 3.33. The molecule has 3 aromatic carbocycles. The van der Waals surface area contributed by atoms with Crippen LogP contribution in [0, 0.1) is 10.1 Å². The number of rotatable bonds is 11. The van der Waals surface area contributed by atoms with E-state index < -0.39 is 16.9 Å². The number of ether oxygens (including phenoxy) is 4. The van der Waals surface area contributed by atoms with Crippen molar-refractivity contribution in [3.63, 3.8) is 0 Å². The molecule has 11 nitrogen and oxygen atoms in total. The van der Waals surface area contributed by atoms with Gasteiger partial charge < -0.3 is 18.9 Å². The van der Waals surface area contributed by atoms with Crippen LogP contribution in [-0.2, 0) is 16.1 Å². The van der Waals surface area contributed by atoms with Gasteiger partial charge in [0.2, 0.25) is 0 Å². The van der Waals surface area contributed by atoms with Crippen LogP contribution < -0.4 is 29.1 Å². The van der Waals surface area contributed by atoms with Gasteiger partial charge in [0, 0.05) is 12.1 Å². The van der Waals surface area contributed by atoms with Crippen LogP contribution in [0.15, 0.2) is 87.8 Å². The van der Waals surface area contributed by atoms with Crippen molar-refractivity contribution in [3.8, 4) is 17.2 Å². The molecule has 0 amide bonds. The van der Waals surface area contributed by atoms with Gasteiger partial charge in [-0.2, -0.15) is 0 Å². The summed E-state index contributed by atoms with van der Waals surface area (Å²) in [5.41, 5.74) is 2.66. The van der Waals surface area contributed by atoms with Crippen molar-refractivity contribution in [2.45, 2.75) is 46.4 Å². The molecule has 0 saturated carbocycles. The number of non-ortho nitro benzene ring substituents is 1. The highest BCUT2D eigenvalue weighted by Crippen LogP contribution is 2.36. The lowest BCUT2D eigenvalue weighted by molar-refractivity contribution is -0.384. The number of allylic oxidation sites excluding steroid dienone is 1. The van der Waals surface area contributed by atoms with E-state index in [2.05, 4.69) is 4.99 Å². The summed E-state index contributed by atoms with van der Waals surface area (Å²) >= 11 is 1.23. The van der Waals surface area contributed by atoms with Gasteiger partial charge in [-0.05, 0) is 86.9 Å². The monoisotopic (exact) mass is 643 g/mol. The Labute approximate surface area is 268 Å². The molecule has 1 aliphatic rings. The Balaban J connectivity index is 1.48. The minimum absolute atomic E-state index is 0.0193.